The quantitative estimate of drug-likeness (QED) is 0.733. The van der Waals surface area contributed by atoms with Crippen molar-refractivity contribution in [2.45, 2.75) is 33.7 Å². The Morgan fingerprint density at radius 2 is 1.76 bits per heavy atom. The van der Waals surface area contributed by atoms with E-state index in [4.69, 9.17) is 0 Å². The van der Waals surface area contributed by atoms with Crippen LogP contribution in [0.2, 0.25) is 0 Å². The Morgan fingerprint density at radius 1 is 1.18 bits per heavy atom. The summed E-state index contributed by atoms with van der Waals surface area (Å²) in [5, 5.41) is 0. The molecule has 0 aromatic rings. The number of hydrogen-bond acceptors (Lipinski definition) is 3. The normalized spacial score (nSPS) is 23.1. The van der Waals surface area contributed by atoms with Crippen molar-refractivity contribution in [3.05, 3.63) is 0 Å². The van der Waals surface area contributed by atoms with Gasteiger partial charge < -0.3 is 4.90 Å². The molecule has 0 N–H and O–H groups in total. The Kier molecular flexibility index (Phi) is 3.73. The molecule has 2 saturated heterocycles. The molecule has 0 aliphatic carbocycles. The standard InChI is InChI=1S/C13H25N3O/c1-10(2)13(17)15-6-12(7-15)5-14-8-16(9-14)11(3)4/h10-12H,5-9H2,1-4H3. The second-order valence-electron chi connectivity index (χ2n) is 6.08. The summed E-state index contributed by atoms with van der Waals surface area (Å²) >= 11 is 0. The van der Waals surface area contributed by atoms with Gasteiger partial charge in [0, 0.05) is 37.5 Å². The van der Waals surface area contributed by atoms with Crippen molar-refractivity contribution in [2.75, 3.05) is 33.0 Å². The molecule has 0 saturated carbocycles. The van der Waals surface area contributed by atoms with E-state index in [0.29, 0.717) is 17.9 Å². The predicted octanol–water partition coefficient (Wildman–Crippen LogP) is 1.04. The topological polar surface area (TPSA) is 26.8 Å². The molecular formula is C13H25N3O. The van der Waals surface area contributed by atoms with E-state index >= 15 is 0 Å². The molecule has 0 spiro atoms. The van der Waals surface area contributed by atoms with Crippen LogP contribution in [-0.4, -0.2) is 59.6 Å². The molecule has 0 unspecified atom stereocenters. The molecular weight excluding hydrogens is 214 g/mol. The molecule has 0 atom stereocenters. The van der Waals surface area contributed by atoms with Gasteiger partial charge in [-0.05, 0) is 13.8 Å². The molecule has 2 fully saturated rings. The lowest BCUT2D eigenvalue weighted by Crippen LogP contribution is -2.62. The summed E-state index contributed by atoms with van der Waals surface area (Å²) in [5.41, 5.74) is 0. The van der Waals surface area contributed by atoms with Gasteiger partial charge in [-0.1, -0.05) is 13.8 Å². The zero-order valence-electron chi connectivity index (χ0n) is 11.5. The van der Waals surface area contributed by atoms with E-state index in [1.807, 2.05) is 18.7 Å². The van der Waals surface area contributed by atoms with Gasteiger partial charge in [0.1, 0.15) is 0 Å². The van der Waals surface area contributed by atoms with Crippen molar-refractivity contribution in [1.82, 2.24) is 14.7 Å². The van der Waals surface area contributed by atoms with Crippen LogP contribution in [0.25, 0.3) is 0 Å². The summed E-state index contributed by atoms with van der Waals surface area (Å²) in [6, 6.07) is 0.659. The lowest BCUT2D eigenvalue weighted by molar-refractivity contribution is -0.143. The lowest BCUT2D eigenvalue weighted by Gasteiger charge is -2.49. The van der Waals surface area contributed by atoms with E-state index in [1.165, 1.54) is 0 Å². The third kappa shape index (κ3) is 2.80. The van der Waals surface area contributed by atoms with Crippen molar-refractivity contribution < 1.29 is 4.79 Å². The molecule has 2 aliphatic heterocycles. The highest BCUT2D eigenvalue weighted by molar-refractivity contribution is 5.78. The van der Waals surface area contributed by atoms with Crippen LogP contribution in [0.3, 0.4) is 0 Å². The zero-order chi connectivity index (χ0) is 12.6. The number of hydrogen-bond donors (Lipinski definition) is 0. The molecule has 0 radical (unpaired) electrons. The summed E-state index contributed by atoms with van der Waals surface area (Å²) in [5.74, 6) is 1.16. The van der Waals surface area contributed by atoms with Gasteiger partial charge in [0.2, 0.25) is 5.91 Å². The zero-order valence-corrected chi connectivity index (χ0v) is 11.5. The Bertz CT molecular complexity index is 278. The molecule has 2 heterocycles. The Balaban J connectivity index is 1.61. The predicted molar refractivity (Wildman–Crippen MR) is 68.3 cm³/mol. The van der Waals surface area contributed by atoms with Crippen LogP contribution >= 0.6 is 0 Å². The molecule has 0 aromatic heterocycles. The van der Waals surface area contributed by atoms with E-state index < -0.39 is 0 Å². The first-order valence-corrected chi connectivity index (χ1v) is 6.72. The van der Waals surface area contributed by atoms with Crippen LogP contribution in [0.4, 0.5) is 0 Å². The highest BCUT2D eigenvalue weighted by Gasteiger charge is 2.35. The van der Waals surface area contributed by atoms with Gasteiger partial charge >= 0.3 is 0 Å². The maximum atomic E-state index is 11.7. The van der Waals surface area contributed by atoms with Gasteiger partial charge in [0.25, 0.3) is 0 Å². The second kappa shape index (κ2) is 4.94. The van der Waals surface area contributed by atoms with Gasteiger partial charge in [-0.2, -0.15) is 0 Å². The number of carbonyl (C=O) groups is 1. The molecule has 2 aliphatic rings. The van der Waals surface area contributed by atoms with Gasteiger partial charge in [-0.15, -0.1) is 0 Å². The average Bonchev–Trinajstić information content (AvgIpc) is 2.10. The molecule has 0 bridgehead atoms. The third-order valence-electron chi connectivity index (χ3n) is 3.77. The lowest BCUT2D eigenvalue weighted by atomic mass is 9.97. The number of amides is 1. The van der Waals surface area contributed by atoms with E-state index in [0.717, 1.165) is 33.0 Å². The molecule has 0 aromatic carbocycles. The monoisotopic (exact) mass is 239 g/mol. The Morgan fingerprint density at radius 3 is 2.24 bits per heavy atom. The van der Waals surface area contributed by atoms with Gasteiger partial charge in [-0.25, -0.2) is 0 Å². The van der Waals surface area contributed by atoms with E-state index in [-0.39, 0.29) is 5.92 Å². The Labute approximate surface area is 105 Å². The van der Waals surface area contributed by atoms with Crippen LogP contribution < -0.4 is 0 Å². The van der Waals surface area contributed by atoms with Gasteiger partial charge in [0.05, 0.1) is 13.3 Å². The first-order valence-electron chi connectivity index (χ1n) is 6.72. The van der Waals surface area contributed by atoms with Crippen molar-refractivity contribution >= 4 is 5.91 Å². The fourth-order valence-corrected chi connectivity index (χ4v) is 2.51. The van der Waals surface area contributed by atoms with Crippen molar-refractivity contribution in [2.24, 2.45) is 11.8 Å². The van der Waals surface area contributed by atoms with Crippen molar-refractivity contribution in [3.8, 4) is 0 Å². The largest absolute Gasteiger partial charge is 0.342 e. The summed E-state index contributed by atoms with van der Waals surface area (Å²) in [6.07, 6.45) is 0. The summed E-state index contributed by atoms with van der Waals surface area (Å²) < 4.78 is 0. The van der Waals surface area contributed by atoms with Gasteiger partial charge in [-0.3, -0.25) is 14.6 Å². The number of likely N-dealkylation sites (tertiary alicyclic amines) is 1. The minimum atomic E-state index is 0.149. The van der Waals surface area contributed by atoms with E-state index in [1.54, 1.807) is 0 Å². The molecule has 98 valence electrons. The summed E-state index contributed by atoms with van der Waals surface area (Å²) in [4.78, 5) is 18.6. The van der Waals surface area contributed by atoms with Crippen LogP contribution in [-0.2, 0) is 4.79 Å². The number of nitrogens with zero attached hydrogens (tertiary/aromatic N) is 3. The molecule has 4 heteroatoms. The number of rotatable bonds is 4. The van der Waals surface area contributed by atoms with Crippen LogP contribution in [0.5, 0.6) is 0 Å². The number of carbonyl (C=O) groups excluding carboxylic acids is 1. The Hall–Kier alpha value is -0.610. The summed E-state index contributed by atoms with van der Waals surface area (Å²) in [7, 11) is 0. The van der Waals surface area contributed by atoms with Gasteiger partial charge in [0.15, 0.2) is 0 Å². The van der Waals surface area contributed by atoms with E-state index in [2.05, 4.69) is 23.6 Å². The third-order valence-corrected chi connectivity index (χ3v) is 3.77. The fourth-order valence-electron chi connectivity index (χ4n) is 2.51. The van der Waals surface area contributed by atoms with Crippen LogP contribution in [0, 0.1) is 11.8 Å². The summed E-state index contributed by atoms with van der Waals surface area (Å²) in [6.45, 7) is 13.7. The van der Waals surface area contributed by atoms with Crippen LogP contribution in [0.1, 0.15) is 27.7 Å². The van der Waals surface area contributed by atoms with E-state index in [9.17, 15) is 4.79 Å². The minimum Gasteiger partial charge on any atom is -0.342 e. The first kappa shape index (κ1) is 12.8. The smallest absolute Gasteiger partial charge is 0.225 e. The highest BCUT2D eigenvalue weighted by Crippen LogP contribution is 2.22. The fraction of sp³-hybridized carbons (Fsp3) is 0.923. The maximum absolute atomic E-state index is 11.7. The highest BCUT2D eigenvalue weighted by atomic mass is 16.2. The average molecular weight is 239 g/mol. The molecule has 17 heavy (non-hydrogen) atoms. The molecule has 4 nitrogen and oxygen atoms in total. The SMILES string of the molecule is CC(C)C(=O)N1CC(CN2CN(C(C)C)C2)C1. The van der Waals surface area contributed by atoms with Crippen LogP contribution in [0.15, 0.2) is 0 Å². The first-order chi connectivity index (χ1) is 7.97. The molecule has 2 rings (SSSR count). The molecule has 1 amide bonds. The second-order valence-corrected chi connectivity index (χ2v) is 6.08. The minimum absolute atomic E-state index is 0.149. The van der Waals surface area contributed by atoms with Crippen molar-refractivity contribution in [1.29, 1.82) is 0 Å². The van der Waals surface area contributed by atoms with Crippen molar-refractivity contribution in [3.63, 3.8) is 0 Å². The maximum Gasteiger partial charge on any atom is 0.225 e.